The molecule has 96 valence electrons. The van der Waals surface area contributed by atoms with Crippen LogP contribution in [0.3, 0.4) is 0 Å². The van der Waals surface area contributed by atoms with Gasteiger partial charge in [0, 0.05) is 12.5 Å². The summed E-state index contributed by atoms with van der Waals surface area (Å²) in [5, 5.41) is 3.30. The average Bonchev–Trinajstić information content (AvgIpc) is 2.33. The lowest BCUT2D eigenvalue weighted by molar-refractivity contribution is 0.667. The molecular formula is C13H22BrN3. The molecule has 0 aliphatic heterocycles. The Balaban J connectivity index is 3.15. The van der Waals surface area contributed by atoms with Crippen molar-refractivity contribution in [1.29, 1.82) is 0 Å². The lowest BCUT2D eigenvalue weighted by Gasteiger charge is -2.14. The van der Waals surface area contributed by atoms with Gasteiger partial charge in [0.1, 0.15) is 11.6 Å². The predicted octanol–water partition coefficient (Wildman–Crippen LogP) is 4.14. The molecule has 0 radical (unpaired) electrons. The number of anilines is 1. The molecule has 1 N–H and O–H groups in total. The largest absolute Gasteiger partial charge is 0.369 e. The van der Waals surface area contributed by atoms with Gasteiger partial charge in [-0.15, -0.1) is 0 Å². The zero-order valence-electron chi connectivity index (χ0n) is 11.2. The maximum absolute atomic E-state index is 4.68. The molecule has 0 aliphatic rings. The second-order valence-electron chi connectivity index (χ2n) is 4.28. The summed E-state index contributed by atoms with van der Waals surface area (Å²) in [5.74, 6) is 2.30. The van der Waals surface area contributed by atoms with E-state index in [1.807, 2.05) is 0 Å². The molecule has 0 aromatic carbocycles. The van der Waals surface area contributed by atoms with Gasteiger partial charge in [-0.05, 0) is 35.7 Å². The van der Waals surface area contributed by atoms with Gasteiger partial charge in [0.15, 0.2) is 0 Å². The van der Waals surface area contributed by atoms with Crippen molar-refractivity contribution < 1.29 is 0 Å². The van der Waals surface area contributed by atoms with E-state index in [0.717, 1.165) is 47.6 Å². The van der Waals surface area contributed by atoms with Crippen molar-refractivity contribution >= 4 is 21.7 Å². The van der Waals surface area contributed by atoms with E-state index in [4.69, 9.17) is 0 Å². The van der Waals surface area contributed by atoms with Crippen molar-refractivity contribution in [3.8, 4) is 0 Å². The van der Waals surface area contributed by atoms with Crippen LogP contribution in [0.4, 0.5) is 5.82 Å². The number of aromatic nitrogens is 2. The molecule has 0 bridgehead atoms. The molecule has 1 rings (SSSR count). The van der Waals surface area contributed by atoms with E-state index in [2.05, 4.69) is 58.9 Å². The number of hydrogen-bond acceptors (Lipinski definition) is 3. The van der Waals surface area contributed by atoms with Crippen LogP contribution in [0.2, 0.25) is 0 Å². The van der Waals surface area contributed by atoms with Crippen LogP contribution in [0.25, 0.3) is 0 Å². The smallest absolute Gasteiger partial charge is 0.144 e. The first kappa shape index (κ1) is 14.4. The summed E-state index contributed by atoms with van der Waals surface area (Å²) in [6.07, 6.45) is 3.16. The van der Waals surface area contributed by atoms with Gasteiger partial charge < -0.3 is 5.32 Å². The zero-order chi connectivity index (χ0) is 12.8. The number of aryl methyl sites for hydroxylation is 1. The molecule has 0 fully saturated rings. The van der Waals surface area contributed by atoms with Crippen LogP contribution >= 0.6 is 15.9 Å². The van der Waals surface area contributed by atoms with Crippen molar-refractivity contribution in [1.82, 2.24) is 9.97 Å². The molecule has 0 amide bonds. The van der Waals surface area contributed by atoms with Gasteiger partial charge in [-0.3, -0.25) is 0 Å². The van der Waals surface area contributed by atoms with E-state index in [9.17, 15) is 0 Å². The Labute approximate surface area is 113 Å². The van der Waals surface area contributed by atoms with Gasteiger partial charge in [-0.1, -0.05) is 27.2 Å². The Morgan fingerprint density at radius 2 is 1.94 bits per heavy atom. The van der Waals surface area contributed by atoms with Crippen LogP contribution in [-0.2, 0) is 6.42 Å². The molecule has 0 spiro atoms. The molecule has 0 saturated heterocycles. The molecule has 1 atom stereocenters. The van der Waals surface area contributed by atoms with Crippen LogP contribution < -0.4 is 5.32 Å². The number of hydrogen-bond donors (Lipinski definition) is 1. The molecule has 0 saturated carbocycles. The maximum Gasteiger partial charge on any atom is 0.144 e. The minimum Gasteiger partial charge on any atom is -0.369 e. The Hall–Kier alpha value is -0.640. The van der Waals surface area contributed by atoms with Crippen LogP contribution in [-0.4, -0.2) is 16.5 Å². The Bertz CT molecular complexity index is 339. The Kier molecular flexibility index (Phi) is 5.89. The molecule has 1 unspecified atom stereocenters. The fourth-order valence-electron chi connectivity index (χ4n) is 1.60. The molecule has 0 aliphatic carbocycles. The lowest BCUT2D eigenvalue weighted by atomic mass is 10.1. The van der Waals surface area contributed by atoms with Gasteiger partial charge in [-0.2, -0.15) is 0 Å². The lowest BCUT2D eigenvalue weighted by Crippen LogP contribution is -2.09. The molecule has 3 nitrogen and oxygen atoms in total. The van der Waals surface area contributed by atoms with Gasteiger partial charge in [0.25, 0.3) is 0 Å². The standard InChI is InChI=1S/C13H22BrN3/c1-5-8-10-11(14)13(15-7-3)17-12(16-10)9(4)6-2/h9H,5-8H2,1-4H3,(H,15,16,17). The zero-order valence-corrected chi connectivity index (χ0v) is 12.8. The molecule has 1 heterocycles. The van der Waals surface area contributed by atoms with E-state index in [1.54, 1.807) is 0 Å². The van der Waals surface area contributed by atoms with Crippen molar-refractivity contribution in [2.45, 2.75) is 52.9 Å². The summed E-state index contributed by atoms with van der Waals surface area (Å²) in [6, 6.07) is 0. The van der Waals surface area contributed by atoms with Crippen molar-refractivity contribution in [2.75, 3.05) is 11.9 Å². The predicted molar refractivity (Wildman–Crippen MR) is 76.6 cm³/mol. The highest BCUT2D eigenvalue weighted by Gasteiger charge is 2.14. The Morgan fingerprint density at radius 3 is 2.47 bits per heavy atom. The third kappa shape index (κ3) is 3.66. The van der Waals surface area contributed by atoms with E-state index in [-0.39, 0.29) is 0 Å². The molecular weight excluding hydrogens is 278 g/mol. The summed E-state index contributed by atoms with van der Waals surface area (Å²) in [6.45, 7) is 9.47. The molecule has 17 heavy (non-hydrogen) atoms. The number of nitrogens with one attached hydrogen (secondary N) is 1. The van der Waals surface area contributed by atoms with Crippen LogP contribution in [0.5, 0.6) is 0 Å². The fourth-order valence-corrected chi connectivity index (χ4v) is 2.12. The first-order valence-electron chi connectivity index (χ1n) is 6.44. The van der Waals surface area contributed by atoms with E-state index < -0.39 is 0 Å². The van der Waals surface area contributed by atoms with Gasteiger partial charge in [0.05, 0.1) is 10.2 Å². The molecule has 1 aromatic rings. The normalized spacial score (nSPS) is 12.5. The topological polar surface area (TPSA) is 37.8 Å². The van der Waals surface area contributed by atoms with E-state index >= 15 is 0 Å². The van der Waals surface area contributed by atoms with Crippen molar-refractivity contribution in [3.05, 3.63) is 16.0 Å². The minimum atomic E-state index is 0.413. The van der Waals surface area contributed by atoms with Gasteiger partial charge >= 0.3 is 0 Å². The molecule has 4 heteroatoms. The first-order chi connectivity index (χ1) is 8.13. The third-order valence-corrected chi connectivity index (χ3v) is 3.65. The first-order valence-corrected chi connectivity index (χ1v) is 7.23. The average molecular weight is 300 g/mol. The summed E-state index contributed by atoms with van der Waals surface area (Å²) < 4.78 is 1.02. The maximum atomic E-state index is 4.68. The highest BCUT2D eigenvalue weighted by Crippen LogP contribution is 2.27. The highest BCUT2D eigenvalue weighted by atomic mass is 79.9. The van der Waals surface area contributed by atoms with E-state index in [1.165, 1.54) is 0 Å². The van der Waals surface area contributed by atoms with Crippen LogP contribution in [0.15, 0.2) is 4.47 Å². The highest BCUT2D eigenvalue weighted by molar-refractivity contribution is 9.10. The van der Waals surface area contributed by atoms with E-state index in [0.29, 0.717) is 5.92 Å². The minimum absolute atomic E-state index is 0.413. The Morgan fingerprint density at radius 1 is 1.24 bits per heavy atom. The summed E-state index contributed by atoms with van der Waals surface area (Å²) >= 11 is 3.60. The number of rotatable bonds is 6. The summed E-state index contributed by atoms with van der Waals surface area (Å²) in [7, 11) is 0. The van der Waals surface area contributed by atoms with Crippen molar-refractivity contribution in [2.24, 2.45) is 0 Å². The second-order valence-corrected chi connectivity index (χ2v) is 5.07. The van der Waals surface area contributed by atoms with Crippen molar-refractivity contribution in [3.63, 3.8) is 0 Å². The van der Waals surface area contributed by atoms with Crippen LogP contribution in [0, 0.1) is 0 Å². The monoisotopic (exact) mass is 299 g/mol. The summed E-state index contributed by atoms with van der Waals surface area (Å²) in [5.41, 5.74) is 1.12. The summed E-state index contributed by atoms with van der Waals surface area (Å²) in [4.78, 5) is 9.28. The fraction of sp³-hybridized carbons (Fsp3) is 0.692. The SMILES string of the molecule is CCCc1nc(C(C)CC)nc(NCC)c1Br. The van der Waals surface area contributed by atoms with Gasteiger partial charge in [-0.25, -0.2) is 9.97 Å². The van der Waals surface area contributed by atoms with Crippen LogP contribution in [0.1, 0.15) is 58.0 Å². The third-order valence-electron chi connectivity index (χ3n) is 2.82. The quantitative estimate of drug-likeness (QED) is 0.858. The van der Waals surface area contributed by atoms with Gasteiger partial charge in [0.2, 0.25) is 0 Å². The molecule has 1 aromatic heterocycles. The second kappa shape index (κ2) is 6.94. The number of nitrogens with zero attached hydrogens (tertiary/aromatic N) is 2. The number of halogens is 1.